The van der Waals surface area contributed by atoms with Gasteiger partial charge in [0.15, 0.2) is 23.2 Å². The van der Waals surface area contributed by atoms with Crippen LogP contribution in [0.3, 0.4) is 0 Å². The molecule has 1 saturated heterocycles. The molecule has 3 heterocycles. The van der Waals surface area contributed by atoms with Gasteiger partial charge >= 0.3 is 13.7 Å². The molecule has 3 aromatic rings. The van der Waals surface area contributed by atoms with E-state index < -0.39 is 56.6 Å². The van der Waals surface area contributed by atoms with E-state index in [1.165, 1.54) is 30.0 Å². The second-order valence-corrected chi connectivity index (χ2v) is 12.3. The van der Waals surface area contributed by atoms with E-state index in [0.29, 0.717) is 11.3 Å². The molecule has 230 valence electrons. The lowest BCUT2D eigenvalue weighted by Crippen LogP contribution is -2.42. The molecule has 2 fully saturated rings. The Bertz CT molecular complexity index is 1560. The summed E-state index contributed by atoms with van der Waals surface area (Å²) in [5.41, 5.74) is 3.58. The molecule has 2 aromatic heterocycles. The summed E-state index contributed by atoms with van der Waals surface area (Å²) in [6.45, 7) is 4.10. The van der Waals surface area contributed by atoms with Crippen LogP contribution in [0.25, 0.3) is 11.2 Å². The van der Waals surface area contributed by atoms with Crippen molar-refractivity contribution in [3.05, 3.63) is 36.7 Å². The van der Waals surface area contributed by atoms with E-state index in [-0.39, 0.29) is 23.4 Å². The summed E-state index contributed by atoms with van der Waals surface area (Å²) in [5, 5.41) is 16.7. The maximum atomic E-state index is 16.3. The fourth-order valence-electron chi connectivity index (χ4n) is 4.44. The smallest absolute Gasteiger partial charge is 0.459 e. The van der Waals surface area contributed by atoms with Crippen LogP contribution >= 0.6 is 7.75 Å². The molecule has 1 aromatic carbocycles. The number of ether oxygens (including phenoxy) is 2. The number of nitrogen functional groups attached to an aromatic ring is 1. The number of alkyl halides is 1. The minimum atomic E-state index is -4.34. The largest absolute Gasteiger partial charge is 0.462 e. The Morgan fingerprint density at radius 1 is 1.33 bits per heavy atom. The third-order valence-corrected chi connectivity index (χ3v) is 8.35. The number of hydrogen-bond acceptors (Lipinski definition) is 12. The minimum Gasteiger partial charge on any atom is -0.462 e. The van der Waals surface area contributed by atoms with Crippen molar-refractivity contribution >= 4 is 36.6 Å². The van der Waals surface area contributed by atoms with Crippen LogP contribution in [0, 0.1) is 12.3 Å². The summed E-state index contributed by atoms with van der Waals surface area (Å²) in [4.78, 5) is 25.1. The quantitative estimate of drug-likeness (QED) is 0.132. The van der Waals surface area contributed by atoms with Gasteiger partial charge in [0, 0.05) is 6.04 Å². The molecule has 1 aliphatic carbocycles. The highest BCUT2D eigenvalue weighted by Crippen LogP contribution is 2.48. The highest BCUT2D eigenvalue weighted by Gasteiger charge is 2.58. The van der Waals surface area contributed by atoms with E-state index in [4.69, 9.17) is 30.7 Å². The zero-order valence-corrected chi connectivity index (χ0v) is 24.6. The Morgan fingerprint density at radius 2 is 2.05 bits per heavy atom. The first-order valence-electron chi connectivity index (χ1n) is 13.7. The third-order valence-electron chi connectivity index (χ3n) is 6.71. The van der Waals surface area contributed by atoms with Crippen molar-refractivity contribution in [2.75, 3.05) is 17.7 Å². The monoisotopic (exact) mass is 617 g/mol. The molecule has 5 N–H and O–H groups in total. The Hall–Kier alpha value is -3.80. The summed E-state index contributed by atoms with van der Waals surface area (Å²) >= 11 is 0. The highest BCUT2D eigenvalue weighted by molar-refractivity contribution is 7.52. The van der Waals surface area contributed by atoms with Gasteiger partial charge in [-0.05, 0) is 45.7 Å². The number of fused-ring (bicyclic) bond motifs is 1. The predicted molar refractivity (Wildman–Crippen MR) is 153 cm³/mol. The second-order valence-electron chi connectivity index (χ2n) is 10.6. The molecular formula is C27H33FN7O7P. The molecule has 43 heavy (non-hydrogen) atoms. The summed E-state index contributed by atoms with van der Waals surface area (Å²) in [6.07, 6.45) is 3.34. The number of carbonyl (C=O) groups is 1. The molecule has 16 heteroatoms. The second kappa shape index (κ2) is 12.1. The number of hydrogen-bond donors (Lipinski definition) is 4. The van der Waals surface area contributed by atoms with Crippen LogP contribution in [0.15, 0.2) is 36.7 Å². The average molecular weight is 618 g/mol. The molecule has 0 amide bonds. The van der Waals surface area contributed by atoms with Crippen molar-refractivity contribution in [2.45, 2.75) is 75.9 Å². The fourth-order valence-corrected chi connectivity index (χ4v) is 5.95. The van der Waals surface area contributed by atoms with E-state index >= 15 is 4.39 Å². The Morgan fingerprint density at radius 3 is 2.70 bits per heavy atom. The Kier molecular flexibility index (Phi) is 8.60. The third kappa shape index (κ3) is 6.58. The van der Waals surface area contributed by atoms with Gasteiger partial charge in [-0.3, -0.25) is 13.9 Å². The number of imidazole rings is 1. The van der Waals surface area contributed by atoms with Gasteiger partial charge in [0.25, 0.3) is 0 Å². The van der Waals surface area contributed by atoms with Gasteiger partial charge in [0.1, 0.15) is 24.0 Å². The van der Waals surface area contributed by atoms with Crippen molar-refractivity contribution < 1.29 is 37.4 Å². The number of esters is 1. The van der Waals surface area contributed by atoms with Crippen LogP contribution in [-0.4, -0.2) is 73.3 Å². The number of nitrogens with two attached hydrogens (primary N) is 1. The number of anilines is 2. The fraction of sp³-hybridized carbons (Fsp3) is 0.481. The van der Waals surface area contributed by atoms with Gasteiger partial charge in [-0.25, -0.2) is 13.9 Å². The van der Waals surface area contributed by atoms with Crippen LogP contribution in [0.5, 0.6) is 5.75 Å². The van der Waals surface area contributed by atoms with Crippen molar-refractivity contribution in [2.24, 2.45) is 0 Å². The van der Waals surface area contributed by atoms with Crippen LogP contribution in [0.1, 0.15) is 39.8 Å². The van der Waals surface area contributed by atoms with Crippen molar-refractivity contribution in [3.8, 4) is 18.1 Å². The summed E-state index contributed by atoms with van der Waals surface area (Å²) < 4.78 is 53.6. The number of carbonyl (C=O) groups excluding carboxylic acids is 1. The van der Waals surface area contributed by atoms with Gasteiger partial charge in [-0.15, -0.1) is 6.42 Å². The number of aliphatic hydroxyl groups is 1. The minimum absolute atomic E-state index is 0.0869. The van der Waals surface area contributed by atoms with Crippen molar-refractivity contribution in [1.29, 1.82) is 0 Å². The molecule has 6 atom stereocenters. The molecule has 0 spiro atoms. The molecule has 1 unspecified atom stereocenters. The number of para-hydroxylation sites is 1. The number of aliphatic hydroxyl groups excluding tert-OH is 1. The number of terminal acetylenes is 1. The van der Waals surface area contributed by atoms with E-state index in [1.807, 2.05) is 5.92 Å². The summed E-state index contributed by atoms with van der Waals surface area (Å²) in [6, 6.07) is 7.17. The van der Waals surface area contributed by atoms with Crippen LogP contribution in [0.4, 0.5) is 16.2 Å². The molecule has 1 saturated carbocycles. The summed E-state index contributed by atoms with van der Waals surface area (Å²) in [5.74, 6) is 1.73. The van der Waals surface area contributed by atoms with Crippen LogP contribution in [0.2, 0.25) is 0 Å². The van der Waals surface area contributed by atoms with E-state index in [2.05, 4.69) is 25.4 Å². The van der Waals surface area contributed by atoms with Gasteiger partial charge < -0.3 is 30.2 Å². The van der Waals surface area contributed by atoms with E-state index in [9.17, 15) is 14.5 Å². The Balaban J connectivity index is 1.39. The first-order valence-corrected chi connectivity index (χ1v) is 15.2. The topological polar surface area (TPSA) is 185 Å². The van der Waals surface area contributed by atoms with Gasteiger partial charge in [-0.1, -0.05) is 24.1 Å². The van der Waals surface area contributed by atoms with Gasteiger partial charge in [0.05, 0.1) is 19.0 Å². The average Bonchev–Trinajstić information content (AvgIpc) is 3.62. The van der Waals surface area contributed by atoms with E-state index in [0.717, 1.165) is 12.8 Å². The number of benzene rings is 1. The zero-order valence-electron chi connectivity index (χ0n) is 23.7. The molecular weight excluding hydrogens is 584 g/mol. The lowest BCUT2D eigenvalue weighted by Gasteiger charge is -2.25. The number of rotatable bonds is 12. The number of halogens is 1. The normalized spacial score (nSPS) is 25.7. The van der Waals surface area contributed by atoms with Crippen molar-refractivity contribution in [3.63, 3.8) is 0 Å². The maximum Gasteiger partial charge on any atom is 0.459 e. The zero-order chi connectivity index (χ0) is 30.9. The number of nitrogens with one attached hydrogen (secondary N) is 2. The summed E-state index contributed by atoms with van der Waals surface area (Å²) in [7, 11) is -4.34. The Labute approximate surface area is 247 Å². The lowest BCUT2D eigenvalue weighted by atomic mass is 9.97. The molecule has 1 aliphatic heterocycles. The van der Waals surface area contributed by atoms with Crippen molar-refractivity contribution in [1.82, 2.24) is 24.6 Å². The van der Waals surface area contributed by atoms with Crippen LogP contribution in [-0.2, 0) is 23.4 Å². The predicted octanol–water partition coefficient (Wildman–Crippen LogP) is 2.72. The first kappa shape index (κ1) is 30.7. The maximum absolute atomic E-state index is 16.3. The number of nitrogens with zero attached hydrogens (tertiary/aromatic N) is 4. The standard InChI is InChI=1S/C27H33FN7O7P/c1-5-27(28)21(36)19(41-25(27)35-14-30-20-22(31-17-11-12-17)32-26(29)33-23(20)35)13-39-43(38,42-18-9-7-6-8-10-18)34-16(4)24(37)40-15(2)3/h1,6-10,14-17,19,21,25,36H,11-13H2,2-4H3,(H,34,38)(H3,29,31,32,33)/t16?,19-,21-,25-,27-,43+/m1/s1. The lowest BCUT2D eigenvalue weighted by molar-refractivity contribution is -0.149. The first-order chi connectivity index (χ1) is 20.4. The van der Waals surface area contributed by atoms with E-state index in [1.54, 1.807) is 32.0 Å². The highest BCUT2D eigenvalue weighted by atomic mass is 31.2. The number of aromatic nitrogens is 4. The SMILES string of the molecule is C#C[C@@]1(F)[C@H](O)[C@@H](CO[P@@](=O)(NC(C)C(=O)OC(C)C)Oc2ccccc2)O[C@H]1n1cnc2c(NC3CC3)nc(N)nc21. The molecule has 0 radical (unpaired) electrons. The van der Waals surface area contributed by atoms with Gasteiger partial charge in [-0.2, -0.15) is 15.1 Å². The molecule has 2 aliphatic rings. The van der Waals surface area contributed by atoms with Crippen LogP contribution < -0.4 is 20.7 Å². The molecule has 0 bridgehead atoms. The molecule has 14 nitrogen and oxygen atoms in total. The van der Waals surface area contributed by atoms with Gasteiger partial charge in [0.2, 0.25) is 11.6 Å². The molecule has 5 rings (SSSR count).